The van der Waals surface area contributed by atoms with Crippen LogP contribution in [-0.2, 0) is 0 Å². The van der Waals surface area contributed by atoms with Crippen LogP contribution >= 0.6 is 0 Å². The number of amides is 2. The first-order chi connectivity index (χ1) is 13.9. The molecule has 4 fully saturated rings. The van der Waals surface area contributed by atoms with E-state index in [-0.39, 0.29) is 22.9 Å². The molecule has 6 nitrogen and oxygen atoms in total. The Labute approximate surface area is 170 Å². The molecule has 0 aliphatic heterocycles. The number of carbonyl (C=O) groups is 2. The van der Waals surface area contributed by atoms with E-state index in [1.54, 1.807) is 30.6 Å². The van der Waals surface area contributed by atoms with Gasteiger partial charge in [-0.05, 0) is 81.5 Å². The molecule has 4 aliphatic rings. The molecule has 0 saturated heterocycles. The van der Waals surface area contributed by atoms with Gasteiger partial charge in [-0.1, -0.05) is 6.07 Å². The van der Waals surface area contributed by atoms with Gasteiger partial charge >= 0.3 is 0 Å². The van der Waals surface area contributed by atoms with Crippen LogP contribution in [0.15, 0.2) is 42.7 Å². The number of rotatable bonds is 4. The molecule has 29 heavy (non-hydrogen) atoms. The van der Waals surface area contributed by atoms with Gasteiger partial charge in [0.05, 0.1) is 5.56 Å². The van der Waals surface area contributed by atoms with E-state index >= 15 is 0 Å². The van der Waals surface area contributed by atoms with Crippen molar-refractivity contribution in [3.05, 3.63) is 59.7 Å². The Bertz CT molecular complexity index is 944. The first kappa shape index (κ1) is 18.3. The average molecular weight is 390 g/mol. The largest absolute Gasteiger partial charge is 0.346 e. The molecular formula is C23H26N4O2. The number of hydrogen-bond donors (Lipinski definition) is 2. The zero-order valence-corrected chi connectivity index (χ0v) is 16.6. The molecule has 2 heterocycles. The highest BCUT2D eigenvalue weighted by Crippen LogP contribution is 2.57. The SMILES string of the molecule is Cc1cccc(C(=O)NC23CC4CC(CC(NC(=O)c5cccnc5)(C4)C2)C3)n1. The summed E-state index contributed by atoms with van der Waals surface area (Å²) in [5.74, 6) is 0.902. The maximum absolute atomic E-state index is 13.0. The lowest BCUT2D eigenvalue weighted by atomic mass is 9.49. The predicted octanol–water partition coefficient (Wildman–Crippen LogP) is 3.04. The first-order valence-corrected chi connectivity index (χ1v) is 10.4. The van der Waals surface area contributed by atoms with E-state index < -0.39 is 0 Å². The molecule has 4 aliphatic carbocycles. The summed E-state index contributed by atoms with van der Waals surface area (Å²) in [5.41, 5.74) is 1.39. The fourth-order valence-electron chi connectivity index (χ4n) is 6.34. The van der Waals surface area contributed by atoms with Crippen LogP contribution in [0.5, 0.6) is 0 Å². The third-order valence-electron chi connectivity index (χ3n) is 6.86. The molecule has 2 aromatic heterocycles. The fraction of sp³-hybridized carbons (Fsp3) is 0.478. The summed E-state index contributed by atoms with van der Waals surface area (Å²) in [5, 5.41) is 6.68. The van der Waals surface area contributed by atoms with Crippen molar-refractivity contribution in [1.29, 1.82) is 0 Å². The lowest BCUT2D eigenvalue weighted by Gasteiger charge is -2.62. The summed E-state index contributed by atoms with van der Waals surface area (Å²) in [6, 6.07) is 9.11. The van der Waals surface area contributed by atoms with Crippen molar-refractivity contribution >= 4 is 11.8 Å². The lowest BCUT2D eigenvalue weighted by Crippen LogP contribution is -2.69. The summed E-state index contributed by atoms with van der Waals surface area (Å²) in [6.07, 6.45) is 9.24. The van der Waals surface area contributed by atoms with Crippen LogP contribution in [0.3, 0.4) is 0 Å². The van der Waals surface area contributed by atoms with E-state index in [1.807, 2.05) is 19.1 Å². The third kappa shape index (κ3) is 3.41. The number of aryl methyl sites for hydroxylation is 1. The zero-order chi connectivity index (χ0) is 20.1. The number of hydrogen-bond acceptors (Lipinski definition) is 4. The molecular weight excluding hydrogens is 364 g/mol. The summed E-state index contributed by atoms with van der Waals surface area (Å²) in [4.78, 5) is 34.3. The topological polar surface area (TPSA) is 84.0 Å². The van der Waals surface area contributed by atoms with Crippen molar-refractivity contribution in [2.24, 2.45) is 11.8 Å². The minimum Gasteiger partial charge on any atom is -0.346 e. The monoisotopic (exact) mass is 390 g/mol. The standard InChI is InChI=1S/C23H26N4O2/c1-15-4-2-6-19(25-15)21(29)27-23-11-16-8-17(12-23)10-22(9-16,14-23)26-20(28)18-5-3-7-24-13-18/h2-7,13,16-17H,8-12,14H2,1H3,(H,26,28)(H,27,29). The molecule has 2 N–H and O–H groups in total. The van der Waals surface area contributed by atoms with E-state index in [0.717, 1.165) is 37.8 Å². The summed E-state index contributed by atoms with van der Waals surface area (Å²) in [6.45, 7) is 1.89. The van der Waals surface area contributed by atoms with Gasteiger partial charge in [0.15, 0.2) is 0 Å². The van der Waals surface area contributed by atoms with Gasteiger partial charge in [0.1, 0.15) is 5.69 Å². The second kappa shape index (κ2) is 6.65. The Balaban J connectivity index is 1.38. The minimum absolute atomic E-state index is 0.0677. The van der Waals surface area contributed by atoms with Gasteiger partial charge in [-0.2, -0.15) is 0 Å². The number of pyridine rings is 2. The molecule has 0 spiro atoms. The molecule has 2 amide bonds. The van der Waals surface area contributed by atoms with Crippen LogP contribution in [0.25, 0.3) is 0 Å². The van der Waals surface area contributed by atoms with Crippen molar-refractivity contribution in [1.82, 2.24) is 20.6 Å². The van der Waals surface area contributed by atoms with Crippen LogP contribution in [0.1, 0.15) is 65.1 Å². The highest BCUT2D eigenvalue weighted by atomic mass is 16.2. The van der Waals surface area contributed by atoms with Crippen molar-refractivity contribution in [2.45, 2.75) is 56.5 Å². The molecule has 4 bridgehead atoms. The van der Waals surface area contributed by atoms with Crippen LogP contribution in [0.4, 0.5) is 0 Å². The minimum atomic E-state index is -0.255. The van der Waals surface area contributed by atoms with Crippen molar-refractivity contribution < 1.29 is 9.59 Å². The van der Waals surface area contributed by atoms with Gasteiger partial charge in [0.2, 0.25) is 0 Å². The van der Waals surface area contributed by atoms with E-state index in [1.165, 1.54) is 6.42 Å². The predicted molar refractivity (Wildman–Crippen MR) is 108 cm³/mol. The highest BCUT2D eigenvalue weighted by molar-refractivity contribution is 5.94. The molecule has 4 saturated carbocycles. The van der Waals surface area contributed by atoms with Crippen LogP contribution in [0.2, 0.25) is 0 Å². The fourth-order valence-corrected chi connectivity index (χ4v) is 6.34. The van der Waals surface area contributed by atoms with Gasteiger partial charge in [-0.15, -0.1) is 0 Å². The van der Waals surface area contributed by atoms with Crippen LogP contribution in [-0.4, -0.2) is 32.9 Å². The van der Waals surface area contributed by atoms with Gasteiger partial charge < -0.3 is 10.6 Å². The molecule has 0 aromatic carbocycles. The Morgan fingerprint density at radius 3 is 2.28 bits per heavy atom. The Morgan fingerprint density at radius 1 is 0.966 bits per heavy atom. The number of nitrogens with zero attached hydrogens (tertiary/aromatic N) is 2. The van der Waals surface area contributed by atoms with Gasteiger partial charge in [0.25, 0.3) is 11.8 Å². The van der Waals surface area contributed by atoms with Crippen LogP contribution < -0.4 is 10.6 Å². The maximum atomic E-state index is 13.0. The summed E-state index contributed by atoms with van der Waals surface area (Å²) >= 11 is 0. The van der Waals surface area contributed by atoms with Gasteiger partial charge in [0, 0.05) is 29.2 Å². The smallest absolute Gasteiger partial charge is 0.270 e. The summed E-state index contributed by atoms with van der Waals surface area (Å²) < 4.78 is 0. The van der Waals surface area contributed by atoms with Crippen molar-refractivity contribution in [3.8, 4) is 0 Å². The quantitative estimate of drug-likeness (QED) is 0.840. The molecule has 2 atom stereocenters. The van der Waals surface area contributed by atoms with Crippen molar-refractivity contribution in [2.75, 3.05) is 0 Å². The summed E-state index contributed by atoms with van der Waals surface area (Å²) in [7, 11) is 0. The normalized spacial score (nSPS) is 32.0. The zero-order valence-electron chi connectivity index (χ0n) is 16.6. The molecule has 150 valence electrons. The molecule has 6 heteroatoms. The molecule has 2 unspecified atom stereocenters. The first-order valence-electron chi connectivity index (χ1n) is 10.4. The average Bonchev–Trinajstić information content (AvgIpc) is 2.67. The second-order valence-corrected chi connectivity index (χ2v) is 9.34. The van der Waals surface area contributed by atoms with E-state index in [4.69, 9.17) is 0 Å². The van der Waals surface area contributed by atoms with E-state index in [2.05, 4.69) is 20.6 Å². The van der Waals surface area contributed by atoms with Gasteiger partial charge in [-0.25, -0.2) is 4.98 Å². The molecule has 6 rings (SSSR count). The van der Waals surface area contributed by atoms with E-state index in [9.17, 15) is 9.59 Å². The van der Waals surface area contributed by atoms with Crippen LogP contribution in [0, 0.1) is 18.8 Å². The Hall–Kier alpha value is -2.76. The number of carbonyl (C=O) groups excluding carboxylic acids is 2. The Morgan fingerprint density at radius 2 is 1.66 bits per heavy atom. The second-order valence-electron chi connectivity index (χ2n) is 9.34. The number of nitrogens with one attached hydrogen (secondary N) is 2. The van der Waals surface area contributed by atoms with E-state index in [0.29, 0.717) is 23.1 Å². The lowest BCUT2D eigenvalue weighted by molar-refractivity contribution is -0.0448. The van der Waals surface area contributed by atoms with Crippen molar-refractivity contribution in [3.63, 3.8) is 0 Å². The Kier molecular flexibility index (Phi) is 4.19. The van der Waals surface area contributed by atoms with Gasteiger partial charge in [-0.3, -0.25) is 14.6 Å². The highest BCUT2D eigenvalue weighted by Gasteiger charge is 2.58. The maximum Gasteiger partial charge on any atom is 0.270 e. The molecule has 2 aromatic rings. The molecule has 0 radical (unpaired) electrons. The third-order valence-corrected chi connectivity index (χ3v) is 6.86. The number of aromatic nitrogens is 2.